The Kier molecular flexibility index (Phi) is 5.41. The first-order chi connectivity index (χ1) is 11.7. The lowest BCUT2D eigenvalue weighted by molar-refractivity contribution is -0.116. The third-order valence-corrected chi connectivity index (χ3v) is 4.54. The SMILES string of the molecule is O=C(/C=C/c1ccc(Cl)cc1)NCc1cncc(-c2cccs2)c1. The second-order valence-electron chi connectivity index (χ2n) is 5.16. The summed E-state index contributed by atoms with van der Waals surface area (Å²) in [6.45, 7) is 0.440. The van der Waals surface area contributed by atoms with Crippen molar-refractivity contribution >= 4 is 34.9 Å². The highest BCUT2D eigenvalue weighted by Crippen LogP contribution is 2.24. The minimum Gasteiger partial charge on any atom is -0.348 e. The van der Waals surface area contributed by atoms with Gasteiger partial charge in [0, 0.05) is 40.5 Å². The largest absolute Gasteiger partial charge is 0.348 e. The van der Waals surface area contributed by atoms with Crippen molar-refractivity contribution in [2.75, 3.05) is 0 Å². The summed E-state index contributed by atoms with van der Waals surface area (Å²) in [5.41, 5.74) is 2.96. The van der Waals surface area contributed by atoms with Gasteiger partial charge in [0.15, 0.2) is 0 Å². The van der Waals surface area contributed by atoms with E-state index >= 15 is 0 Å². The van der Waals surface area contributed by atoms with Crippen molar-refractivity contribution in [1.29, 1.82) is 0 Å². The zero-order chi connectivity index (χ0) is 16.8. The average Bonchev–Trinajstić information content (AvgIpc) is 3.14. The van der Waals surface area contributed by atoms with Crippen LogP contribution in [-0.4, -0.2) is 10.9 Å². The van der Waals surface area contributed by atoms with Gasteiger partial charge in [-0.15, -0.1) is 11.3 Å². The fourth-order valence-corrected chi connectivity index (χ4v) is 2.99. The molecule has 1 amide bonds. The zero-order valence-electron chi connectivity index (χ0n) is 12.8. The van der Waals surface area contributed by atoms with E-state index < -0.39 is 0 Å². The third kappa shape index (κ3) is 4.54. The van der Waals surface area contributed by atoms with Gasteiger partial charge in [-0.3, -0.25) is 9.78 Å². The molecule has 1 N–H and O–H groups in total. The number of rotatable bonds is 5. The van der Waals surface area contributed by atoms with E-state index in [1.807, 2.05) is 35.8 Å². The highest BCUT2D eigenvalue weighted by atomic mass is 35.5. The molecule has 5 heteroatoms. The molecule has 3 rings (SSSR count). The summed E-state index contributed by atoms with van der Waals surface area (Å²) in [6.07, 6.45) is 6.86. The number of amides is 1. The van der Waals surface area contributed by atoms with Crippen molar-refractivity contribution in [3.05, 3.63) is 82.5 Å². The minimum atomic E-state index is -0.147. The second-order valence-corrected chi connectivity index (χ2v) is 6.55. The molecule has 0 radical (unpaired) electrons. The van der Waals surface area contributed by atoms with Gasteiger partial charge in [0.2, 0.25) is 5.91 Å². The molecule has 120 valence electrons. The third-order valence-electron chi connectivity index (χ3n) is 3.36. The van der Waals surface area contributed by atoms with Crippen LogP contribution in [0.3, 0.4) is 0 Å². The van der Waals surface area contributed by atoms with Gasteiger partial charge in [-0.05, 0) is 46.8 Å². The summed E-state index contributed by atoms with van der Waals surface area (Å²) in [5.74, 6) is -0.147. The first-order valence-electron chi connectivity index (χ1n) is 7.40. The molecule has 0 aliphatic rings. The van der Waals surface area contributed by atoms with E-state index in [0.717, 1.165) is 16.7 Å². The van der Waals surface area contributed by atoms with Crippen LogP contribution in [0.1, 0.15) is 11.1 Å². The Bertz CT molecular complexity index is 842. The number of halogens is 1. The lowest BCUT2D eigenvalue weighted by Gasteiger charge is -2.04. The predicted molar refractivity (Wildman–Crippen MR) is 99.9 cm³/mol. The van der Waals surface area contributed by atoms with E-state index in [9.17, 15) is 4.79 Å². The molecule has 1 aromatic carbocycles. The van der Waals surface area contributed by atoms with Gasteiger partial charge in [-0.25, -0.2) is 0 Å². The smallest absolute Gasteiger partial charge is 0.244 e. The van der Waals surface area contributed by atoms with Crippen LogP contribution in [0.15, 0.2) is 66.3 Å². The molecule has 0 aliphatic carbocycles. The summed E-state index contributed by atoms with van der Waals surface area (Å²) in [6, 6.07) is 13.4. The Morgan fingerprint density at radius 1 is 1.21 bits per heavy atom. The maximum Gasteiger partial charge on any atom is 0.244 e. The van der Waals surface area contributed by atoms with Crippen LogP contribution in [0.5, 0.6) is 0 Å². The monoisotopic (exact) mass is 354 g/mol. The van der Waals surface area contributed by atoms with Crippen LogP contribution >= 0.6 is 22.9 Å². The fraction of sp³-hybridized carbons (Fsp3) is 0.0526. The van der Waals surface area contributed by atoms with Gasteiger partial charge >= 0.3 is 0 Å². The number of aromatic nitrogens is 1. The maximum atomic E-state index is 11.9. The quantitative estimate of drug-likeness (QED) is 0.669. The van der Waals surface area contributed by atoms with Gasteiger partial charge < -0.3 is 5.32 Å². The van der Waals surface area contributed by atoms with Crippen molar-refractivity contribution in [1.82, 2.24) is 10.3 Å². The van der Waals surface area contributed by atoms with Crippen molar-refractivity contribution in [3.63, 3.8) is 0 Å². The molecule has 0 fully saturated rings. The normalized spacial score (nSPS) is 10.9. The predicted octanol–water partition coefficient (Wildman–Crippen LogP) is 4.79. The summed E-state index contributed by atoms with van der Waals surface area (Å²) in [4.78, 5) is 17.3. The number of thiophene rings is 1. The molecule has 24 heavy (non-hydrogen) atoms. The van der Waals surface area contributed by atoms with E-state index in [2.05, 4.69) is 16.4 Å². The highest BCUT2D eigenvalue weighted by molar-refractivity contribution is 7.13. The van der Waals surface area contributed by atoms with E-state index in [4.69, 9.17) is 11.6 Å². The van der Waals surface area contributed by atoms with Crippen molar-refractivity contribution in [2.45, 2.75) is 6.54 Å². The minimum absolute atomic E-state index is 0.147. The van der Waals surface area contributed by atoms with Crippen LogP contribution in [0, 0.1) is 0 Å². The van der Waals surface area contributed by atoms with Gasteiger partial charge in [0.05, 0.1) is 0 Å². The standard InChI is InChI=1S/C19H15ClN2OS/c20-17-6-3-14(4-7-17)5-8-19(23)22-12-15-10-16(13-21-11-15)18-2-1-9-24-18/h1-11,13H,12H2,(H,22,23)/b8-5+. The lowest BCUT2D eigenvalue weighted by Crippen LogP contribution is -2.20. The number of nitrogens with one attached hydrogen (secondary N) is 1. The Balaban J connectivity index is 1.58. The number of benzene rings is 1. The molecule has 0 atom stereocenters. The first kappa shape index (κ1) is 16.4. The van der Waals surface area contributed by atoms with Crippen LogP contribution < -0.4 is 5.32 Å². The van der Waals surface area contributed by atoms with Crippen molar-refractivity contribution in [2.24, 2.45) is 0 Å². The van der Waals surface area contributed by atoms with Crippen LogP contribution in [0.4, 0.5) is 0 Å². The molecule has 0 bridgehead atoms. The van der Waals surface area contributed by atoms with Gasteiger partial charge in [-0.1, -0.05) is 29.8 Å². The number of pyridine rings is 1. The van der Waals surface area contributed by atoms with E-state index in [1.54, 1.807) is 35.7 Å². The van der Waals surface area contributed by atoms with Crippen molar-refractivity contribution < 1.29 is 4.79 Å². The highest BCUT2D eigenvalue weighted by Gasteiger charge is 2.02. The number of hydrogen-bond acceptors (Lipinski definition) is 3. The average molecular weight is 355 g/mol. The second kappa shape index (κ2) is 7.90. The molecular formula is C19H15ClN2OS. The first-order valence-corrected chi connectivity index (χ1v) is 8.66. The van der Waals surface area contributed by atoms with Crippen LogP contribution in [0.2, 0.25) is 5.02 Å². The maximum absolute atomic E-state index is 11.9. The Labute approximate surface area is 149 Å². The summed E-state index contributed by atoms with van der Waals surface area (Å²) in [7, 11) is 0. The Hall–Kier alpha value is -2.43. The van der Waals surface area contributed by atoms with Gasteiger partial charge in [0.25, 0.3) is 0 Å². The molecule has 3 nitrogen and oxygen atoms in total. The Morgan fingerprint density at radius 3 is 2.79 bits per heavy atom. The van der Waals surface area contributed by atoms with Crippen LogP contribution in [0.25, 0.3) is 16.5 Å². The van der Waals surface area contributed by atoms with Gasteiger partial charge in [0.1, 0.15) is 0 Å². The molecule has 0 saturated heterocycles. The summed E-state index contributed by atoms with van der Waals surface area (Å²) >= 11 is 7.50. The zero-order valence-corrected chi connectivity index (χ0v) is 14.3. The molecule has 3 aromatic rings. The molecular weight excluding hydrogens is 340 g/mol. The molecule has 2 aromatic heterocycles. The van der Waals surface area contributed by atoms with Crippen LogP contribution in [-0.2, 0) is 11.3 Å². The number of hydrogen-bond donors (Lipinski definition) is 1. The van der Waals surface area contributed by atoms with E-state index in [1.165, 1.54) is 11.0 Å². The molecule has 0 spiro atoms. The number of nitrogens with zero attached hydrogens (tertiary/aromatic N) is 1. The number of carbonyl (C=O) groups is 1. The lowest BCUT2D eigenvalue weighted by atomic mass is 10.2. The molecule has 0 saturated carbocycles. The summed E-state index contributed by atoms with van der Waals surface area (Å²) < 4.78 is 0. The Morgan fingerprint density at radius 2 is 2.04 bits per heavy atom. The number of carbonyl (C=O) groups excluding carboxylic acids is 1. The van der Waals surface area contributed by atoms with E-state index in [0.29, 0.717) is 11.6 Å². The molecule has 2 heterocycles. The fourth-order valence-electron chi connectivity index (χ4n) is 2.16. The van der Waals surface area contributed by atoms with Gasteiger partial charge in [-0.2, -0.15) is 0 Å². The molecule has 0 unspecified atom stereocenters. The summed E-state index contributed by atoms with van der Waals surface area (Å²) in [5, 5.41) is 5.57. The topological polar surface area (TPSA) is 42.0 Å². The molecule has 0 aliphatic heterocycles. The van der Waals surface area contributed by atoms with Crippen molar-refractivity contribution in [3.8, 4) is 10.4 Å². The van der Waals surface area contributed by atoms with E-state index in [-0.39, 0.29) is 5.91 Å².